The zero-order valence-corrected chi connectivity index (χ0v) is 8.53. The molecule has 2 unspecified atom stereocenters. The quantitative estimate of drug-likeness (QED) is 0.594. The number of hydrogen-bond acceptors (Lipinski definition) is 2. The van der Waals surface area contributed by atoms with Gasteiger partial charge in [0.2, 0.25) is 0 Å². The topological polar surface area (TPSA) is 43.8 Å². The summed E-state index contributed by atoms with van der Waals surface area (Å²) in [5, 5.41) is 9.46. The Bertz CT molecular complexity index is 194. The third-order valence-electron chi connectivity index (χ3n) is 2.51. The predicted molar refractivity (Wildman–Crippen MR) is 50.4 cm³/mol. The molecule has 4 heteroatoms. The second-order valence-corrected chi connectivity index (χ2v) is 3.96. The summed E-state index contributed by atoms with van der Waals surface area (Å²) in [7, 11) is 3.50. The Morgan fingerprint density at radius 1 is 1.54 bits per heavy atom. The van der Waals surface area contributed by atoms with Gasteiger partial charge in [0.25, 0.3) is 0 Å². The summed E-state index contributed by atoms with van der Waals surface area (Å²) < 4.78 is 0. The molecule has 1 N–H and O–H groups in total. The highest BCUT2D eigenvalue weighted by molar-refractivity contribution is 5.73. The van der Waals surface area contributed by atoms with Crippen LogP contribution in [0.3, 0.4) is 0 Å². The molecule has 1 rings (SSSR count). The number of carbonyl (C=O) groups is 1. The number of nitrogens with zero attached hydrogens (tertiary/aromatic N) is 2. The van der Waals surface area contributed by atoms with Gasteiger partial charge in [0.15, 0.2) is 0 Å². The number of hydrogen-bond donors (Lipinski definition) is 1. The third-order valence-corrected chi connectivity index (χ3v) is 2.51. The smallest absolute Gasteiger partial charge is 0.319 e. The maximum atomic E-state index is 11.5. The van der Waals surface area contributed by atoms with E-state index in [4.69, 9.17) is 0 Å². The van der Waals surface area contributed by atoms with Gasteiger partial charge >= 0.3 is 6.03 Å². The lowest BCUT2D eigenvalue weighted by Crippen LogP contribution is -2.48. The average Bonchev–Trinajstić information content (AvgIpc) is 2.08. The molecule has 2 atom stereocenters. The van der Waals surface area contributed by atoms with Crippen molar-refractivity contribution in [1.82, 2.24) is 9.80 Å². The van der Waals surface area contributed by atoms with E-state index in [1.807, 2.05) is 6.92 Å². The van der Waals surface area contributed by atoms with Gasteiger partial charge in [-0.1, -0.05) is 6.92 Å². The van der Waals surface area contributed by atoms with Crippen LogP contribution < -0.4 is 0 Å². The van der Waals surface area contributed by atoms with E-state index in [1.165, 1.54) is 0 Å². The molecule has 0 aromatic carbocycles. The number of aliphatic hydroxyl groups excluding tert-OH is 1. The average molecular weight is 186 g/mol. The Morgan fingerprint density at radius 3 is 2.62 bits per heavy atom. The number of urea groups is 1. The summed E-state index contributed by atoms with van der Waals surface area (Å²) in [5.74, 6) is 0.192. The van der Waals surface area contributed by atoms with E-state index < -0.39 is 0 Å². The molecule has 1 aliphatic heterocycles. The molecule has 0 aromatic heterocycles. The van der Waals surface area contributed by atoms with E-state index in [1.54, 1.807) is 23.9 Å². The van der Waals surface area contributed by atoms with Crippen LogP contribution in [0.1, 0.15) is 13.3 Å². The van der Waals surface area contributed by atoms with Crippen LogP contribution >= 0.6 is 0 Å². The van der Waals surface area contributed by atoms with Crippen LogP contribution in [0.2, 0.25) is 0 Å². The first kappa shape index (κ1) is 10.3. The van der Waals surface area contributed by atoms with Gasteiger partial charge in [0, 0.05) is 27.2 Å². The lowest BCUT2D eigenvalue weighted by Gasteiger charge is -2.35. The first-order valence-corrected chi connectivity index (χ1v) is 4.66. The van der Waals surface area contributed by atoms with Crippen LogP contribution in [0, 0.1) is 5.92 Å². The molecule has 1 heterocycles. The molecule has 4 nitrogen and oxygen atoms in total. The largest absolute Gasteiger partial charge is 0.393 e. The fourth-order valence-electron chi connectivity index (χ4n) is 1.59. The monoisotopic (exact) mass is 186 g/mol. The van der Waals surface area contributed by atoms with Gasteiger partial charge in [0.1, 0.15) is 0 Å². The van der Waals surface area contributed by atoms with Crippen LogP contribution in [-0.2, 0) is 0 Å². The first-order valence-electron chi connectivity index (χ1n) is 4.66. The molecule has 0 radical (unpaired) electrons. The molecule has 0 aromatic rings. The second kappa shape index (κ2) is 3.96. The molecule has 13 heavy (non-hydrogen) atoms. The van der Waals surface area contributed by atoms with E-state index >= 15 is 0 Å². The van der Waals surface area contributed by atoms with Crippen molar-refractivity contribution in [2.24, 2.45) is 5.92 Å². The highest BCUT2D eigenvalue weighted by atomic mass is 16.3. The van der Waals surface area contributed by atoms with E-state index in [9.17, 15) is 9.90 Å². The molecular weight excluding hydrogens is 168 g/mol. The Balaban J connectivity index is 2.50. The SMILES string of the molecule is CC1CN(C(=O)N(C)C)CCC1O. The van der Waals surface area contributed by atoms with Crippen molar-refractivity contribution in [3.05, 3.63) is 0 Å². The molecular formula is C9H18N2O2. The molecule has 0 aliphatic carbocycles. The van der Waals surface area contributed by atoms with Crippen molar-refractivity contribution >= 4 is 6.03 Å². The van der Waals surface area contributed by atoms with Crippen LogP contribution in [0.5, 0.6) is 0 Å². The maximum absolute atomic E-state index is 11.5. The lowest BCUT2D eigenvalue weighted by atomic mass is 9.97. The molecule has 0 spiro atoms. The van der Waals surface area contributed by atoms with Gasteiger partial charge in [-0.2, -0.15) is 0 Å². The molecule has 1 fully saturated rings. The van der Waals surface area contributed by atoms with E-state index in [-0.39, 0.29) is 18.1 Å². The summed E-state index contributed by atoms with van der Waals surface area (Å²) in [6, 6.07) is 0.0405. The van der Waals surface area contributed by atoms with Crippen LogP contribution in [-0.4, -0.2) is 54.2 Å². The van der Waals surface area contributed by atoms with Gasteiger partial charge in [-0.3, -0.25) is 0 Å². The predicted octanol–water partition coefficient (Wildman–Crippen LogP) is 0.371. The number of rotatable bonds is 0. The first-order chi connectivity index (χ1) is 6.02. The summed E-state index contributed by atoms with van der Waals surface area (Å²) in [4.78, 5) is 14.9. The minimum atomic E-state index is -0.244. The Labute approximate surface area is 79.1 Å². The minimum Gasteiger partial charge on any atom is -0.393 e. The molecule has 0 bridgehead atoms. The van der Waals surface area contributed by atoms with Crippen molar-refractivity contribution in [2.45, 2.75) is 19.4 Å². The van der Waals surface area contributed by atoms with Gasteiger partial charge in [-0.05, 0) is 12.3 Å². The lowest BCUT2D eigenvalue weighted by molar-refractivity contribution is 0.0432. The van der Waals surface area contributed by atoms with Gasteiger partial charge in [0.05, 0.1) is 6.10 Å². The Kier molecular flexibility index (Phi) is 3.14. The minimum absolute atomic E-state index is 0.0405. The van der Waals surface area contributed by atoms with Crippen LogP contribution in [0.25, 0.3) is 0 Å². The number of piperidine rings is 1. The summed E-state index contributed by atoms with van der Waals surface area (Å²) in [5.41, 5.74) is 0. The van der Waals surface area contributed by atoms with E-state index in [0.29, 0.717) is 19.5 Å². The molecule has 0 saturated carbocycles. The fraction of sp³-hybridized carbons (Fsp3) is 0.889. The number of carbonyl (C=O) groups excluding carboxylic acids is 1. The Morgan fingerprint density at radius 2 is 2.15 bits per heavy atom. The van der Waals surface area contributed by atoms with Gasteiger partial charge < -0.3 is 14.9 Å². The normalized spacial score (nSPS) is 28.8. The standard InChI is InChI=1S/C9H18N2O2/c1-7-6-11(5-4-8(7)12)9(13)10(2)3/h7-8,12H,4-6H2,1-3H3. The number of likely N-dealkylation sites (tertiary alicyclic amines) is 1. The molecule has 76 valence electrons. The fourth-order valence-corrected chi connectivity index (χ4v) is 1.59. The highest BCUT2D eigenvalue weighted by Crippen LogP contribution is 2.16. The van der Waals surface area contributed by atoms with Crippen molar-refractivity contribution in [2.75, 3.05) is 27.2 Å². The molecule has 1 saturated heterocycles. The molecule has 1 aliphatic rings. The van der Waals surface area contributed by atoms with Gasteiger partial charge in [-0.15, -0.1) is 0 Å². The zero-order valence-electron chi connectivity index (χ0n) is 8.53. The molecule has 2 amide bonds. The van der Waals surface area contributed by atoms with E-state index in [2.05, 4.69) is 0 Å². The number of aliphatic hydroxyl groups is 1. The number of amides is 2. The summed E-state index contributed by atoms with van der Waals surface area (Å²) >= 11 is 0. The summed E-state index contributed by atoms with van der Waals surface area (Å²) in [6.07, 6.45) is 0.451. The van der Waals surface area contributed by atoms with Gasteiger partial charge in [-0.25, -0.2) is 4.79 Å². The second-order valence-electron chi connectivity index (χ2n) is 3.96. The van der Waals surface area contributed by atoms with Crippen LogP contribution in [0.15, 0.2) is 0 Å². The maximum Gasteiger partial charge on any atom is 0.319 e. The van der Waals surface area contributed by atoms with Crippen molar-refractivity contribution in [3.63, 3.8) is 0 Å². The van der Waals surface area contributed by atoms with Crippen molar-refractivity contribution in [3.8, 4) is 0 Å². The Hall–Kier alpha value is -0.770. The third kappa shape index (κ3) is 2.34. The highest BCUT2D eigenvalue weighted by Gasteiger charge is 2.27. The zero-order chi connectivity index (χ0) is 10.0. The van der Waals surface area contributed by atoms with Crippen molar-refractivity contribution in [1.29, 1.82) is 0 Å². The van der Waals surface area contributed by atoms with E-state index in [0.717, 1.165) is 0 Å². The van der Waals surface area contributed by atoms with Crippen LogP contribution in [0.4, 0.5) is 4.79 Å². The van der Waals surface area contributed by atoms with Crippen molar-refractivity contribution < 1.29 is 9.90 Å². The summed E-state index contributed by atoms with van der Waals surface area (Å²) in [6.45, 7) is 3.31.